The lowest BCUT2D eigenvalue weighted by molar-refractivity contribution is 0.0604. The third-order valence-electron chi connectivity index (χ3n) is 3.63. The molecule has 0 radical (unpaired) electrons. The van der Waals surface area contributed by atoms with Crippen molar-refractivity contribution in [3.63, 3.8) is 0 Å². The van der Waals surface area contributed by atoms with Crippen LogP contribution in [0.5, 0.6) is 5.75 Å². The van der Waals surface area contributed by atoms with Gasteiger partial charge in [-0.15, -0.1) is 12.1 Å². The molecular weight excluding hydrogens is 275 g/mol. The zero-order chi connectivity index (χ0) is 16.9. The predicted molar refractivity (Wildman–Crippen MR) is 95.5 cm³/mol. The quantitative estimate of drug-likeness (QED) is 0.596. The molecule has 0 fully saturated rings. The van der Waals surface area contributed by atoms with Crippen LogP contribution in [0.25, 0.3) is 11.2 Å². The lowest BCUT2D eigenvalue weighted by atomic mass is 9.61. The number of benzene rings is 1. The van der Waals surface area contributed by atoms with Gasteiger partial charge in [-0.3, -0.25) is 0 Å². The molecule has 118 valence electrons. The molecule has 2 atom stereocenters. The van der Waals surface area contributed by atoms with Crippen molar-refractivity contribution in [3.05, 3.63) is 54.0 Å². The van der Waals surface area contributed by atoms with Crippen LogP contribution in [0.2, 0.25) is 0 Å². The molecule has 0 bridgehead atoms. The monoisotopic (exact) mass is 300 g/mol. The summed E-state index contributed by atoms with van der Waals surface area (Å²) in [5, 5.41) is 19.3. The lowest BCUT2D eigenvalue weighted by Gasteiger charge is -2.19. The number of aliphatic hydroxyl groups excluding tert-OH is 2. The predicted octanol–water partition coefficient (Wildman–Crippen LogP) is 3.69. The first-order valence-electron chi connectivity index (χ1n) is 7.42. The van der Waals surface area contributed by atoms with Crippen molar-refractivity contribution in [3.8, 4) is 5.75 Å². The van der Waals surface area contributed by atoms with Crippen LogP contribution in [0.1, 0.15) is 38.8 Å². The number of rotatable bonds is 7. The van der Waals surface area contributed by atoms with Crippen LogP contribution in [0.3, 0.4) is 0 Å². The van der Waals surface area contributed by atoms with Gasteiger partial charge in [-0.1, -0.05) is 25.1 Å². The molecule has 0 saturated carbocycles. The van der Waals surface area contributed by atoms with Crippen LogP contribution in [-0.2, 0) is 0 Å². The molecule has 0 aliphatic rings. The Morgan fingerprint density at radius 1 is 1.23 bits per heavy atom. The van der Waals surface area contributed by atoms with Gasteiger partial charge in [0.1, 0.15) is 17.6 Å². The van der Waals surface area contributed by atoms with E-state index in [0.717, 1.165) is 18.3 Å². The van der Waals surface area contributed by atoms with E-state index in [2.05, 4.69) is 13.2 Å². The standard InChI is InChI=1S/C18H25BO3/c1-7-11(2)19-12(3)16-8-17(14(5)21)10-18(9-16)22-15(6)13(4)20/h7-10,13,15,19-21H,3,5H2,1-2,4,6H3/b11-7-. The molecule has 1 aromatic rings. The second-order valence-corrected chi connectivity index (χ2v) is 5.67. The molecule has 3 nitrogen and oxygen atoms in total. The van der Waals surface area contributed by atoms with Crippen molar-refractivity contribution in [1.82, 2.24) is 0 Å². The molecule has 0 aromatic heterocycles. The number of aliphatic hydroxyl groups is 2. The van der Waals surface area contributed by atoms with Crippen LogP contribution in [0.4, 0.5) is 0 Å². The zero-order valence-corrected chi connectivity index (χ0v) is 13.9. The number of ether oxygens (including phenoxy) is 1. The van der Waals surface area contributed by atoms with Crippen molar-refractivity contribution in [1.29, 1.82) is 0 Å². The molecule has 0 aliphatic heterocycles. The van der Waals surface area contributed by atoms with Gasteiger partial charge in [-0.05, 0) is 44.5 Å². The molecule has 0 amide bonds. The van der Waals surface area contributed by atoms with E-state index in [9.17, 15) is 10.2 Å². The van der Waals surface area contributed by atoms with E-state index < -0.39 is 6.10 Å². The molecule has 0 aliphatic carbocycles. The SMILES string of the molecule is C=C(O)c1cc(OC(C)C(C)O)cc(C(=C)B/C(C)=C\C)c1. The van der Waals surface area contributed by atoms with Crippen LogP contribution in [-0.4, -0.2) is 29.7 Å². The van der Waals surface area contributed by atoms with Gasteiger partial charge in [-0.25, -0.2) is 0 Å². The normalized spacial score (nSPS) is 14.1. The lowest BCUT2D eigenvalue weighted by Crippen LogP contribution is -2.25. The molecule has 22 heavy (non-hydrogen) atoms. The Hall–Kier alpha value is -1.94. The molecule has 2 N–H and O–H groups in total. The van der Waals surface area contributed by atoms with Crippen molar-refractivity contribution in [2.24, 2.45) is 0 Å². The second-order valence-electron chi connectivity index (χ2n) is 5.67. The summed E-state index contributed by atoms with van der Waals surface area (Å²) in [6.07, 6.45) is 1.12. The van der Waals surface area contributed by atoms with Crippen molar-refractivity contribution >= 4 is 18.5 Å². The first-order valence-corrected chi connectivity index (χ1v) is 7.42. The minimum Gasteiger partial charge on any atom is -0.508 e. The first-order chi connectivity index (χ1) is 10.2. The molecule has 1 rings (SSSR count). The van der Waals surface area contributed by atoms with Gasteiger partial charge in [-0.2, -0.15) is 0 Å². The fourth-order valence-corrected chi connectivity index (χ4v) is 1.89. The summed E-state index contributed by atoms with van der Waals surface area (Å²) in [6.45, 7) is 15.2. The summed E-state index contributed by atoms with van der Waals surface area (Å²) in [7, 11) is 0.753. The summed E-state index contributed by atoms with van der Waals surface area (Å²) in [5.41, 5.74) is 3.64. The summed E-state index contributed by atoms with van der Waals surface area (Å²) in [4.78, 5) is 0. The number of hydrogen-bond donors (Lipinski definition) is 2. The van der Waals surface area contributed by atoms with Gasteiger partial charge in [0.05, 0.1) is 6.10 Å². The van der Waals surface area contributed by atoms with Crippen molar-refractivity contribution < 1.29 is 14.9 Å². The summed E-state index contributed by atoms with van der Waals surface area (Å²) in [6, 6.07) is 5.42. The van der Waals surface area contributed by atoms with E-state index in [1.54, 1.807) is 19.9 Å². The van der Waals surface area contributed by atoms with Crippen LogP contribution in [0.15, 0.2) is 42.9 Å². The average Bonchev–Trinajstić information content (AvgIpc) is 2.46. The van der Waals surface area contributed by atoms with Crippen LogP contribution >= 0.6 is 0 Å². The minimum absolute atomic E-state index is 0.0213. The number of hydrogen-bond acceptors (Lipinski definition) is 3. The van der Waals surface area contributed by atoms with Gasteiger partial charge < -0.3 is 14.9 Å². The molecular formula is C18H25BO3. The highest BCUT2D eigenvalue weighted by Gasteiger charge is 2.13. The number of allylic oxidation sites excluding steroid dienone is 2. The fraction of sp³-hybridized carbons (Fsp3) is 0.333. The van der Waals surface area contributed by atoms with E-state index in [-0.39, 0.29) is 11.9 Å². The molecule has 2 unspecified atom stereocenters. The smallest absolute Gasteiger partial charge is 0.186 e. The molecule has 0 saturated heterocycles. The Morgan fingerprint density at radius 3 is 2.32 bits per heavy atom. The maximum atomic E-state index is 9.69. The van der Waals surface area contributed by atoms with E-state index in [0.29, 0.717) is 11.3 Å². The Labute approximate surface area is 133 Å². The third kappa shape index (κ3) is 5.12. The van der Waals surface area contributed by atoms with Gasteiger partial charge in [0.15, 0.2) is 7.28 Å². The van der Waals surface area contributed by atoms with Crippen LogP contribution in [0, 0.1) is 0 Å². The van der Waals surface area contributed by atoms with Crippen molar-refractivity contribution in [2.45, 2.75) is 39.9 Å². The van der Waals surface area contributed by atoms with E-state index in [1.165, 1.54) is 5.47 Å². The first kappa shape index (κ1) is 18.1. The second kappa shape index (κ2) is 7.90. The Balaban J connectivity index is 3.14. The summed E-state index contributed by atoms with van der Waals surface area (Å²) < 4.78 is 5.73. The van der Waals surface area contributed by atoms with Crippen LogP contribution < -0.4 is 4.74 Å². The van der Waals surface area contributed by atoms with E-state index in [1.807, 2.05) is 32.1 Å². The van der Waals surface area contributed by atoms with Gasteiger partial charge >= 0.3 is 0 Å². The maximum Gasteiger partial charge on any atom is 0.186 e. The Bertz CT molecular complexity index is 588. The molecule has 1 aromatic carbocycles. The van der Waals surface area contributed by atoms with E-state index in [4.69, 9.17) is 4.74 Å². The Morgan fingerprint density at radius 2 is 1.82 bits per heavy atom. The fourth-order valence-electron chi connectivity index (χ4n) is 1.89. The van der Waals surface area contributed by atoms with Gasteiger partial charge in [0.2, 0.25) is 0 Å². The van der Waals surface area contributed by atoms with E-state index >= 15 is 0 Å². The summed E-state index contributed by atoms with van der Waals surface area (Å²) >= 11 is 0. The highest BCUT2D eigenvalue weighted by molar-refractivity contribution is 6.67. The van der Waals surface area contributed by atoms with Gasteiger partial charge in [0.25, 0.3) is 0 Å². The topological polar surface area (TPSA) is 49.7 Å². The zero-order valence-electron chi connectivity index (χ0n) is 13.9. The molecule has 4 heteroatoms. The molecule has 0 spiro atoms. The highest BCUT2D eigenvalue weighted by Crippen LogP contribution is 2.26. The Kier molecular flexibility index (Phi) is 6.50. The average molecular weight is 300 g/mol. The summed E-state index contributed by atoms with van der Waals surface area (Å²) in [5.74, 6) is 0.558. The minimum atomic E-state index is -0.585. The van der Waals surface area contributed by atoms with Crippen molar-refractivity contribution in [2.75, 3.05) is 0 Å². The van der Waals surface area contributed by atoms with Gasteiger partial charge in [0, 0.05) is 5.56 Å². The highest BCUT2D eigenvalue weighted by atomic mass is 16.5. The maximum absolute atomic E-state index is 9.69. The third-order valence-corrected chi connectivity index (χ3v) is 3.63. The molecule has 0 heterocycles. The largest absolute Gasteiger partial charge is 0.508 e.